The van der Waals surface area contributed by atoms with E-state index in [1.54, 1.807) is 16.0 Å². The molecule has 2 aliphatic rings. The maximum absolute atomic E-state index is 13.7. The van der Waals surface area contributed by atoms with E-state index < -0.39 is 36.4 Å². The minimum Gasteiger partial charge on any atom is -0.453 e. The number of H-pyrrole nitrogens is 2. The summed E-state index contributed by atoms with van der Waals surface area (Å²) in [6.45, 7) is 9.56. The summed E-state index contributed by atoms with van der Waals surface area (Å²) in [7, 11) is 2.55. The zero-order valence-electron chi connectivity index (χ0n) is 33.5. The van der Waals surface area contributed by atoms with Crippen LogP contribution in [0.15, 0.2) is 60.8 Å². The highest BCUT2D eigenvalue weighted by atomic mass is 16.5. The summed E-state index contributed by atoms with van der Waals surface area (Å²) in [5.74, 6) is 0.460. The Hall–Kier alpha value is -6.00. The fraction of sp³-hybridized carbons (Fsp3) is 0.429. The Labute approximate surface area is 336 Å². The number of methoxy groups -OCH3 is 2. The van der Waals surface area contributed by atoms with Crippen molar-refractivity contribution >= 4 is 45.8 Å². The molecule has 306 valence electrons. The number of ether oxygens (including phenoxy) is 4. The molecule has 0 aliphatic carbocycles. The summed E-state index contributed by atoms with van der Waals surface area (Å²) >= 11 is 0. The normalized spacial score (nSPS) is 18.3. The van der Waals surface area contributed by atoms with Crippen LogP contribution in [0.25, 0.3) is 44.2 Å². The third-order valence-corrected chi connectivity index (χ3v) is 10.8. The molecule has 4 amide bonds. The minimum absolute atomic E-state index is 0.156. The zero-order chi connectivity index (χ0) is 41.1. The van der Waals surface area contributed by atoms with Crippen LogP contribution in [0.1, 0.15) is 51.4 Å². The molecule has 0 saturated carbocycles. The first-order valence-electron chi connectivity index (χ1n) is 19.5. The molecule has 2 aromatic heterocycles. The van der Waals surface area contributed by atoms with Crippen molar-refractivity contribution in [1.29, 1.82) is 0 Å². The van der Waals surface area contributed by atoms with Crippen molar-refractivity contribution in [3.05, 3.63) is 72.4 Å². The number of carbonyl (C=O) groups excluding carboxylic acids is 4. The number of alkyl carbamates (subject to hydrolysis) is 2. The van der Waals surface area contributed by atoms with Gasteiger partial charge in [-0.3, -0.25) is 9.59 Å². The fourth-order valence-corrected chi connectivity index (χ4v) is 7.56. The summed E-state index contributed by atoms with van der Waals surface area (Å²) in [5, 5.41) is 7.45. The predicted molar refractivity (Wildman–Crippen MR) is 215 cm³/mol. The van der Waals surface area contributed by atoms with Gasteiger partial charge in [0.05, 0.1) is 63.6 Å². The largest absolute Gasteiger partial charge is 0.453 e. The second-order valence-corrected chi connectivity index (χ2v) is 15.3. The highest BCUT2D eigenvalue weighted by Gasteiger charge is 2.38. The second kappa shape index (κ2) is 17.2. The number of nitrogens with one attached hydrogen (secondary N) is 4. The van der Waals surface area contributed by atoms with Crippen LogP contribution in [0, 0.1) is 11.8 Å². The number of nitrogens with zero attached hydrogens (tertiary/aromatic N) is 4. The molecule has 4 atom stereocenters. The molecule has 0 radical (unpaired) electrons. The lowest BCUT2D eigenvalue weighted by atomic mass is 9.99. The number of amides is 4. The molecule has 3 aromatic carbocycles. The first-order valence-corrected chi connectivity index (χ1v) is 19.5. The minimum atomic E-state index is -0.758. The predicted octanol–water partition coefficient (Wildman–Crippen LogP) is 5.33. The first kappa shape index (κ1) is 40.2. The smallest absolute Gasteiger partial charge is 0.407 e. The number of hydrogen-bond donors (Lipinski definition) is 4. The van der Waals surface area contributed by atoms with Crippen LogP contribution in [-0.2, 0) is 28.5 Å². The molecule has 4 heterocycles. The lowest BCUT2D eigenvalue weighted by Crippen LogP contribution is -2.54. The maximum Gasteiger partial charge on any atom is 0.407 e. The Kier molecular flexibility index (Phi) is 12.0. The SMILES string of the molecule is COC(=O)NC(C(=O)N1CCOCC1c1ncc(-c2ccc3cc(-c4ccc5nc(C6COCCN6C(=O)C(NC(=O)OC)C(C)C)[nH]c5c4)ccc3c2)[nH]1)C(C)C. The van der Waals surface area contributed by atoms with Crippen LogP contribution in [0.5, 0.6) is 0 Å². The highest BCUT2D eigenvalue weighted by molar-refractivity contribution is 5.92. The van der Waals surface area contributed by atoms with Gasteiger partial charge in [-0.1, -0.05) is 58.0 Å². The average Bonchev–Trinajstić information content (AvgIpc) is 3.91. The summed E-state index contributed by atoms with van der Waals surface area (Å²) in [6, 6.07) is 16.1. The molecule has 4 N–H and O–H groups in total. The van der Waals surface area contributed by atoms with Crippen molar-refractivity contribution in [3.8, 4) is 22.4 Å². The van der Waals surface area contributed by atoms with Crippen molar-refractivity contribution in [2.75, 3.05) is 53.7 Å². The number of carbonyl (C=O) groups is 4. The number of fused-ring (bicyclic) bond motifs is 2. The number of hydrogen-bond acceptors (Lipinski definition) is 10. The van der Waals surface area contributed by atoms with E-state index in [-0.39, 0.29) is 36.9 Å². The number of benzene rings is 3. The summed E-state index contributed by atoms with van der Waals surface area (Å²) in [4.78, 5) is 71.3. The van der Waals surface area contributed by atoms with Crippen molar-refractivity contribution in [1.82, 2.24) is 40.4 Å². The van der Waals surface area contributed by atoms with E-state index in [0.29, 0.717) is 38.0 Å². The molecule has 58 heavy (non-hydrogen) atoms. The van der Waals surface area contributed by atoms with E-state index in [2.05, 4.69) is 62.0 Å². The van der Waals surface area contributed by atoms with Crippen molar-refractivity contribution in [2.24, 2.45) is 11.8 Å². The van der Waals surface area contributed by atoms with Crippen molar-refractivity contribution < 1.29 is 38.1 Å². The topological polar surface area (TPSA) is 193 Å². The van der Waals surface area contributed by atoms with Crippen LogP contribution in [0.3, 0.4) is 0 Å². The van der Waals surface area contributed by atoms with Gasteiger partial charge in [0, 0.05) is 18.7 Å². The molecule has 0 bridgehead atoms. The van der Waals surface area contributed by atoms with E-state index >= 15 is 0 Å². The molecule has 16 nitrogen and oxygen atoms in total. The van der Waals surface area contributed by atoms with Crippen molar-refractivity contribution in [3.63, 3.8) is 0 Å². The zero-order valence-corrected chi connectivity index (χ0v) is 33.5. The Morgan fingerprint density at radius 2 is 1.22 bits per heavy atom. The molecular weight excluding hydrogens is 745 g/mol. The number of aromatic amines is 2. The van der Waals surface area contributed by atoms with Crippen LogP contribution in [0.2, 0.25) is 0 Å². The van der Waals surface area contributed by atoms with Crippen LogP contribution >= 0.6 is 0 Å². The monoisotopic (exact) mass is 794 g/mol. The number of rotatable bonds is 10. The standard InChI is InChI=1S/C42H50N8O8/c1-23(2)35(47-41(53)55-5)39(51)49-13-15-57-21-33(49)37-43-20-32(46-37)29-10-9-25-17-26(7-8-27(25)18-29)28-11-12-30-31(19-28)45-38(44-30)34-22-58-16-14-50(34)40(52)36(24(3)4)48-42(54)56-6/h7-12,17-20,23-24,33-36H,13-16,21-22H2,1-6H3,(H,43,46)(H,44,45)(H,47,53)(H,48,54). The van der Waals surface area contributed by atoms with Crippen LogP contribution in [0.4, 0.5) is 9.59 Å². The Morgan fingerprint density at radius 3 is 1.79 bits per heavy atom. The fourth-order valence-electron chi connectivity index (χ4n) is 7.56. The molecule has 2 aliphatic heterocycles. The molecule has 2 fully saturated rings. The lowest BCUT2D eigenvalue weighted by Gasteiger charge is -2.37. The highest BCUT2D eigenvalue weighted by Crippen LogP contribution is 2.32. The third-order valence-electron chi connectivity index (χ3n) is 10.8. The van der Waals surface area contributed by atoms with E-state index in [1.165, 1.54) is 14.2 Å². The van der Waals surface area contributed by atoms with Gasteiger partial charge >= 0.3 is 12.2 Å². The molecule has 7 rings (SSSR count). The Bertz CT molecular complexity index is 2300. The molecule has 16 heteroatoms. The Morgan fingerprint density at radius 1 is 0.707 bits per heavy atom. The Balaban J connectivity index is 1.09. The number of imidazole rings is 2. The van der Waals surface area contributed by atoms with Crippen LogP contribution < -0.4 is 10.6 Å². The van der Waals surface area contributed by atoms with Gasteiger partial charge in [-0.25, -0.2) is 19.6 Å². The van der Waals surface area contributed by atoms with E-state index in [9.17, 15) is 19.2 Å². The van der Waals surface area contributed by atoms with E-state index in [0.717, 1.165) is 44.2 Å². The van der Waals surface area contributed by atoms with Crippen molar-refractivity contribution in [2.45, 2.75) is 51.9 Å². The maximum atomic E-state index is 13.7. The van der Waals surface area contributed by atoms with Gasteiger partial charge in [0.2, 0.25) is 11.8 Å². The molecule has 5 aromatic rings. The molecule has 4 unspecified atom stereocenters. The van der Waals surface area contributed by atoms with Crippen LogP contribution in [-0.4, -0.2) is 120 Å². The summed E-state index contributed by atoms with van der Waals surface area (Å²) in [5.41, 5.74) is 5.35. The van der Waals surface area contributed by atoms with Gasteiger partial charge < -0.3 is 49.3 Å². The van der Waals surface area contributed by atoms with E-state index in [1.807, 2.05) is 45.9 Å². The van der Waals surface area contributed by atoms with Gasteiger partial charge in [0.1, 0.15) is 35.8 Å². The van der Waals surface area contributed by atoms with Gasteiger partial charge in [-0.15, -0.1) is 0 Å². The number of aromatic nitrogens is 4. The molecule has 2 saturated heterocycles. The van der Waals surface area contributed by atoms with E-state index in [4.69, 9.17) is 23.9 Å². The lowest BCUT2D eigenvalue weighted by molar-refractivity contribution is -0.144. The van der Waals surface area contributed by atoms with Gasteiger partial charge in [0.25, 0.3) is 0 Å². The molecule has 0 spiro atoms. The summed E-state index contributed by atoms with van der Waals surface area (Å²) < 4.78 is 21.1. The first-order chi connectivity index (χ1) is 27.9. The van der Waals surface area contributed by atoms with Gasteiger partial charge in [-0.05, 0) is 58.0 Å². The number of morpholine rings is 2. The summed E-state index contributed by atoms with van der Waals surface area (Å²) in [6.07, 6.45) is 0.449. The second-order valence-electron chi connectivity index (χ2n) is 15.3. The quantitative estimate of drug-likeness (QED) is 0.144. The van der Waals surface area contributed by atoms with Gasteiger partial charge in [0.15, 0.2) is 0 Å². The van der Waals surface area contributed by atoms with Gasteiger partial charge in [-0.2, -0.15) is 0 Å². The molecular formula is C42H50N8O8. The average molecular weight is 795 g/mol. The third kappa shape index (κ3) is 8.34.